The summed E-state index contributed by atoms with van der Waals surface area (Å²) in [5.41, 5.74) is -1.79. The third kappa shape index (κ3) is 2.88. The lowest BCUT2D eigenvalue weighted by Gasteiger charge is -2.25. The number of nitrogens with zero attached hydrogens (tertiary/aromatic N) is 1. The molecule has 1 heterocycles. The van der Waals surface area contributed by atoms with E-state index in [0.717, 1.165) is 6.92 Å². The molecule has 138 valence electrons. The van der Waals surface area contributed by atoms with Crippen molar-refractivity contribution in [1.82, 2.24) is 4.98 Å². The largest absolute Gasteiger partial charge is 0.477 e. The molecule has 2 aliphatic carbocycles. The van der Waals surface area contributed by atoms with Gasteiger partial charge in [-0.1, -0.05) is 6.08 Å². The van der Waals surface area contributed by atoms with Crippen LogP contribution in [0.2, 0.25) is 0 Å². The summed E-state index contributed by atoms with van der Waals surface area (Å²) >= 11 is 0. The number of carboxylic acids is 1. The molecule has 0 fully saturated rings. The molecular weight excluding hydrogens is 354 g/mol. The topological polar surface area (TPSA) is 132 Å². The molecule has 0 aromatic rings. The Hall–Kier alpha value is -3.42. The Balaban J connectivity index is 2.41. The van der Waals surface area contributed by atoms with E-state index in [2.05, 4.69) is 4.98 Å². The number of allylic oxidation sites excluding steroid dienone is 1. The Labute approximate surface area is 152 Å². The van der Waals surface area contributed by atoms with E-state index in [0.29, 0.717) is 0 Å². The fourth-order valence-electron chi connectivity index (χ4n) is 3.24. The highest BCUT2D eigenvalue weighted by Crippen LogP contribution is 2.38. The Kier molecular flexibility index (Phi) is 4.35. The summed E-state index contributed by atoms with van der Waals surface area (Å²) in [6, 6.07) is 1.17. The van der Waals surface area contributed by atoms with Gasteiger partial charge >= 0.3 is 5.97 Å². The average Bonchev–Trinajstić information content (AvgIpc) is 2.57. The minimum atomic E-state index is -1.58. The van der Waals surface area contributed by atoms with Gasteiger partial charge in [0.15, 0.2) is 17.1 Å². The molecule has 0 saturated carbocycles. The van der Waals surface area contributed by atoms with Crippen LogP contribution in [-0.4, -0.2) is 33.4 Å². The molecule has 0 spiro atoms. The molecule has 3 rings (SSSR count). The van der Waals surface area contributed by atoms with Crippen molar-refractivity contribution < 1.29 is 28.7 Å². The Bertz CT molecular complexity index is 1080. The van der Waals surface area contributed by atoms with Crippen molar-refractivity contribution in [2.45, 2.75) is 26.7 Å². The summed E-state index contributed by atoms with van der Waals surface area (Å²) in [7, 11) is 0. The van der Waals surface area contributed by atoms with Gasteiger partial charge in [-0.05, 0) is 32.9 Å². The van der Waals surface area contributed by atoms with Crippen molar-refractivity contribution >= 4 is 29.4 Å². The Morgan fingerprint density at radius 1 is 1.11 bits per heavy atom. The van der Waals surface area contributed by atoms with Crippen molar-refractivity contribution in [2.75, 3.05) is 0 Å². The molecule has 3 aliphatic rings. The van der Waals surface area contributed by atoms with E-state index in [4.69, 9.17) is 4.42 Å². The highest BCUT2D eigenvalue weighted by Gasteiger charge is 2.38. The second-order valence-corrected chi connectivity index (χ2v) is 6.39. The number of fused-ring (bicyclic) bond motifs is 2. The fourth-order valence-corrected chi connectivity index (χ4v) is 3.24. The van der Waals surface area contributed by atoms with Gasteiger partial charge in [-0.25, -0.2) is 9.78 Å². The molecule has 2 unspecified atom stereocenters. The molecule has 1 aliphatic heterocycles. The summed E-state index contributed by atoms with van der Waals surface area (Å²) in [5.74, 6) is -4.84. The van der Waals surface area contributed by atoms with Gasteiger partial charge in [-0.2, -0.15) is 0 Å². The summed E-state index contributed by atoms with van der Waals surface area (Å²) in [5, 5.41) is 9.46. The maximum absolute atomic E-state index is 12.4. The minimum absolute atomic E-state index is 0.00387. The molecular formula is C19H15NO7. The third-order valence-electron chi connectivity index (χ3n) is 4.52. The first kappa shape index (κ1) is 18.4. The molecule has 0 aromatic heterocycles. The second-order valence-electron chi connectivity index (χ2n) is 6.39. The number of ketones is 3. The van der Waals surface area contributed by atoms with Crippen LogP contribution in [0.1, 0.15) is 58.9 Å². The van der Waals surface area contributed by atoms with Gasteiger partial charge in [-0.3, -0.25) is 19.2 Å². The zero-order chi connectivity index (χ0) is 20.0. The maximum atomic E-state index is 12.4. The van der Waals surface area contributed by atoms with Crippen molar-refractivity contribution in [3.8, 4) is 11.5 Å². The predicted molar refractivity (Wildman–Crippen MR) is 93.0 cm³/mol. The summed E-state index contributed by atoms with van der Waals surface area (Å²) in [4.78, 5) is 64.0. The summed E-state index contributed by atoms with van der Waals surface area (Å²) in [6.45, 7) is 3.77. The number of aromatic carboxylic acids is 1. The predicted octanol–water partition coefficient (Wildman–Crippen LogP) is 1.94. The molecule has 27 heavy (non-hydrogen) atoms. The minimum Gasteiger partial charge on any atom is -0.477 e. The Morgan fingerprint density at radius 3 is 2.30 bits per heavy atom. The highest BCUT2D eigenvalue weighted by atomic mass is 16.4. The number of hydrogen-bond donors (Lipinski definition) is 1. The van der Waals surface area contributed by atoms with Crippen LogP contribution in [0.5, 0.6) is 0 Å². The number of aromatic nitrogens is 1. The summed E-state index contributed by atoms with van der Waals surface area (Å²) in [6.07, 6.45) is 3.04. The molecule has 0 radical (unpaired) electrons. The molecule has 2 atom stereocenters. The summed E-state index contributed by atoms with van der Waals surface area (Å²) < 4.78 is 5.67. The second kappa shape index (κ2) is 6.39. The zero-order valence-corrected chi connectivity index (χ0v) is 14.7. The van der Waals surface area contributed by atoms with Crippen LogP contribution in [0, 0.1) is 5.92 Å². The van der Waals surface area contributed by atoms with E-state index in [1.807, 2.05) is 0 Å². The first-order valence-corrected chi connectivity index (χ1v) is 8.08. The number of benzene rings is 1. The Morgan fingerprint density at radius 2 is 1.78 bits per heavy atom. The van der Waals surface area contributed by atoms with Crippen LogP contribution in [0.15, 0.2) is 21.4 Å². The number of Topliss-reactive ketones (excluding diaryl/α,β-unsaturated/α-hetero) is 3. The number of carboxylic acid groups (broad SMARTS) is 1. The van der Waals surface area contributed by atoms with Crippen molar-refractivity contribution in [3.05, 3.63) is 44.9 Å². The average molecular weight is 369 g/mol. The van der Waals surface area contributed by atoms with Gasteiger partial charge < -0.3 is 9.52 Å². The van der Waals surface area contributed by atoms with E-state index >= 15 is 0 Å². The van der Waals surface area contributed by atoms with E-state index in [9.17, 15) is 29.1 Å². The van der Waals surface area contributed by atoms with E-state index < -0.39 is 34.6 Å². The highest BCUT2D eigenvalue weighted by molar-refractivity contribution is 6.01. The van der Waals surface area contributed by atoms with Gasteiger partial charge in [0.05, 0.1) is 17.4 Å². The number of carbonyl (C=O) groups excluding carboxylic acids is 3. The van der Waals surface area contributed by atoms with Crippen molar-refractivity contribution in [2.24, 2.45) is 5.92 Å². The standard InChI is InChI=1S/C19H15NO7/c1-7(21)10-4-5-12-17(14(10)9(3)23)27-18-13(20-12)6-11(8(2)22)16(24)15(18)19(25)26/h4-6,10,14H,1-3H3,(H,25,26). The monoisotopic (exact) mass is 369 g/mol. The van der Waals surface area contributed by atoms with Crippen LogP contribution in [0.3, 0.4) is 0 Å². The number of carbonyl (C=O) groups is 4. The van der Waals surface area contributed by atoms with Crippen LogP contribution >= 0.6 is 0 Å². The lowest BCUT2D eigenvalue weighted by molar-refractivity contribution is -0.126. The van der Waals surface area contributed by atoms with Gasteiger partial charge in [0.2, 0.25) is 5.43 Å². The third-order valence-corrected chi connectivity index (χ3v) is 4.52. The molecule has 8 nitrogen and oxygen atoms in total. The van der Waals surface area contributed by atoms with Crippen molar-refractivity contribution in [3.63, 3.8) is 0 Å². The van der Waals surface area contributed by atoms with Gasteiger partial charge in [0.25, 0.3) is 0 Å². The van der Waals surface area contributed by atoms with E-state index in [1.54, 1.807) is 0 Å². The molecule has 0 amide bonds. The SMILES string of the molecule is CC(=O)c1cc2nc3c(oc-2c(C(=O)O)c1=O)C(C(C)=O)C(C(C)=O)C=C3. The van der Waals surface area contributed by atoms with Crippen LogP contribution in [-0.2, 0) is 9.59 Å². The zero-order valence-electron chi connectivity index (χ0n) is 14.7. The van der Waals surface area contributed by atoms with Gasteiger partial charge in [0.1, 0.15) is 28.7 Å². The molecule has 0 aromatic carbocycles. The number of rotatable bonds is 4. The molecule has 1 N–H and O–H groups in total. The van der Waals surface area contributed by atoms with Crippen LogP contribution in [0.25, 0.3) is 17.5 Å². The molecule has 0 saturated heterocycles. The smallest absolute Gasteiger partial charge is 0.343 e. The lowest BCUT2D eigenvalue weighted by Crippen LogP contribution is -2.28. The first-order chi connectivity index (χ1) is 12.6. The molecule has 8 heteroatoms. The fraction of sp³-hybridized carbons (Fsp3) is 0.263. The van der Waals surface area contributed by atoms with E-state index in [1.165, 1.54) is 32.1 Å². The molecule has 0 bridgehead atoms. The normalized spacial score (nSPS) is 18.2. The van der Waals surface area contributed by atoms with Gasteiger partial charge in [0, 0.05) is 0 Å². The first-order valence-electron chi connectivity index (χ1n) is 8.08. The van der Waals surface area contributed by atoms with E-state index in [-0.39, 0.29) is 40.0 Å². The van der Waals surface area contributed by atoms with Crippen LogP contribution in [0.4, 0.5) is 0 Å². The van der Waals surface area contributed by atoms with Gasteiger partial charge in [-0.15, -0.1) is 0 Å². The maximum Gasteiger partial charge on any atom is 0.343 e. The van der Waals surface area contributed by atoms with Crippen LogP contribution < -0.4 is 5.43 Å². The lowest BCUT2D eigenvalue weighted by atomic mass is 9.80. The van der Waals surface area contributed by atoms with Crippen molar-refractivity contribution in [1.29, 1.82) is 0 Å². The number of hydrogen-bond acceptors (Lipinski definition) is 7. The quantitative estimate of drug-likeness (QED) is 0.809.